The zero-order chi connectivity index (χ0) is 26.8. The van der Waals surface area contributed by atoms with E-state index < -0.39 is 17.9 Å². The maximum absolute atomic E-state index is 13.4. The maximum Gasteiger partial charge on any atom is 0.280 e. The molecule has 194 valence electrons. The highest BCUT2D eigenvalue weighted by molar-refractivity contribution is 5.85. The molecule has 8 nitrogen and oxygen atoms in total. The molecule has 0 saturated heterocycles. The quantitative estimate of drug-likeness (QED) is 0.281. The smallest absolute Gasteiger partial charge is 0.280 e. The highest BCUT2D eigenvalue weighted by Gasteiger charge is 2.21. The minimum absolute atomic E-state index is 0.0797. The van der Waals surface area contributed by atoms with Crippen molar-refractivity contribution in [1.29, 1.82) is 0 Å². The van der Waals surface area contributed by atoms with Crippen LogP contribution in [0.3, 0.4) is 0 Å². The molecule has 4 rings (SSSR count). The van der Waals surface area contributed by atoms with Gasteiger partial charge in [-0.05, 0) is 61.0 Å². The molecule has 0 unspecified atom stereocenters. The third-order valence-electron chi connectivity index (χ3n) is 4.96. The van der Waals surface area contributed by atoms with E-state index in [-0.39, 0.29) is 25.0 Å². The number of nitrogen functional groups attached to an aromatic ring is 1. The number of alkyl halides is 2. The van der Waals surface area contributed by atoms with Gasteiger partial charge in [-0.3, -0.25) is 4.98 Å². The number of aromatic nitrogens is 4. The molecule has 0 aliphatic heterocycles. The molecule has 0 bridgehead atoms. The summed E-state index contributed by atoms with van der Waals surface area (Å²) in [6.07, 6.45) is -0.671. The van der Waals surface area contributed by atoms with E-state index in [4.69, 9.17) is 15.6 Å². The van der Waals surface area contributed by atoms with Crippen molar-refractivity contribution < 1.29 is 23.0 Å². The second-order valence-electron chi connectivity index (χ2n) is 7.73. The number of hydrogen-bond donors (Lipinski definition) is 3. The number of rotatable bonds is 8. The van der Waals surface area contributed by atoms with Crippen LogP contribution in [-0.4, -0.2) is 45.3 Å². The highest BCUT2D eigenvalue weighted by Crippen LogP contribution is 2.39. The molecular weight excluding hydrogens is 485 g/mol. The largest absolute Gasteiger partial charge is 0.477 e. The van der Waals surface area contributed by atoms with Crippen LogP contribution in [0.25, 0.3) is 22.4 Å². The number of aryl methyl sites for hydroxylation is 1. The topological polar surface area (TPSA) is 119 Å². The van der Waals surface area contributed by atoms with Gasteiger partial charge in [0.25, 0.3) is 6.43 Å². The molecule has 0 radical (unpaired) electrons. The Balaban J connectivity index is 0.000000405. The van der Waals surface area contributed by atoms with Crippen molar-refractivity contribution in [3.63, 3.8) is 0 Å². The van der Waals surface area contributed by atoms with Crippen LogP contribution in [0.2, 0.25) is 0 Å². The number of halogens is 3. The lowest BCUT2D eigenvalue weighted by Crippen LogP contribution is -2.08. The average molecular weight is 513 g/mol. The molecule has 0 aliphatic rings. The Bertz CT molecular complexity index is 1290. The van der Waals surface area contributed by atoms with Crippen LogP contribution in [0.1, 0.15) is 24.2 Å². The number of aliphatic hydroxyl groups excluding tert-OH is 1. The van der Waals surface area contributed by atoms with Crippen LogP contribution in [0.4, 0.5) is 24.9 Å². The van der Waals surface area contributed by atoms with Gasteiger partial charge in [0.2, 0.25) is 11.8 Å². The lowest BCUT2D eigenvalue weighted by Gasteiger charge is -2.16. The minimum atomic E-state index is -2.77. The summed E-state index contributed by atoms with van der Waals surface area (Å²) < 4.78 is 45.7. The Morgan fingerprint density at radius 3 is 2.38 bits per heavy atom. The van der Waals surface area contributed by atoms with Crippen molar-refractivity contribution in [2.24, 2.45) is 0 Å². The molecular formula is C26H27F3N6O2. The molecule has 37 heavy (non-hydrogen) atoms. The predicted molar refractivity (Wildman–Crippen MR) is 136 cm³/mol. The second-order valence-corrected chi connectivity index (χ2v) is 7.73. The third kappa shape index (κ3) is 7.61. The van der Waals surface area contributed by atoms with Gasteiger partial charge in [-0.15, -0.1) is 0 Å². The lowest BCUT2D eigenvalue weighted by molar-refractivity contribution is 0.146. The standard InChI is InChI=1S/C20H19F3N4O2.C6H8N2/c1-11-9-13(10-15(25-11)18(22)23)16-17(12-3-5-14(21)6-4-12)26-20(24)27-19(16)29-8-2-7-28;1-7-6-4-2-3-5-8-6/h3-6,9-10,18,28H,2,7-8H2,1H3,(H2,24,26,27);2-5H,1H3,(H,7,8). The summed E-state index contributed by atoms with van der Waals surface area (Å²) in [5, 5.41) is 11.9. The van der Waals surface area contributed by atoms with E-state index in [0.717, 1.165) is 5.82 Å². The Morgan fingerprint density at radius 2 is 1.78 bits per heavy atom. The molecule has 1 aromatic carbocycles. The molecule has 3 heterocycles. The normalized spacial score (nSPS) is 10.6. The molecule has 0 saturated carbocycles. The van der Waals surface area contributed by atoms with Crippen molar-refractivity contribution in [3.8, 4) is 28.3 Å². The number of ether oxygens (including phenoxy) is 1. The molecule has 4 aromatic rings. The number of benzene rings is 1. The summed E-state index contributed by atoms with van der Waals surface area (Å²) in [5.74, 6) is 0.465. The van der Waals surface area contributed by atoms with E-state index in [0.29, 0.717) is 34.5 Å². The lowest BCUT2D eigenvalue weighted by atomic mass is 9.99. The van der Waals surface area contributed by atoms with Gasteiger partial charge in [0, 0.05) is 37.5 Å². The van der Waals surface area contributed by atoms with Crippen LogP contribution in [0.5, 0.6) is 5.88 Å². The monoisotopic (exact) mass is 512 g/mol. The van der Waals surface area contributed by atoms with E-state index in [1.165, 1.54) is 30.3 Å². The van der Waals surface area contributed by atoms with Gasteiger partial charge in [-0.25, -0.2) is 23.1 Å². The summed E-state index contributed by atoms with van der Waals surface area (Å²) in [6.45, 7) is 1.64. The van der Waals surface area contributed by atoms with E-state index in [1.807, 2.05) is 25.2 Å². The van der Waals surface area contributed by atoms with Gasteiger partial charge >= 0.3 is 0 Å². The Morgan fingerprint density at radius 1 is 1.03 bits per heavy atom. The van der Waals surface area contributed by atoms with E-state index in [9.17, 15) is 13.2 Å². The SMILES string of the molecule is CNc1ccccn1.Cc1cc(-c2c(OCCCO)nc(N)nc2-c2ccc(F)cc2)cc(C(F)F)n1. The fraction of sp³-hybridized carbons (Fsp3) is 0.231. The summed E-state index contributed by atoms with van der Waals surface area (Å²) in [5.41, 5.74) is 7.32. The molecule has 4 N–H and O–H groups in total. The fourth-order valence-electron chi connectivity index (χ4n) is 3.33. The summed E-state index contributed by atoms with van der Waals surface area (Å²) in [4.78, 5) is 16.2. The number of nitrogens with two attached hydrogens (primary N) is 1. The van der Waals surface area contributed by atoms with Gasteiger partial charge in [0.1, 0.15) is 17.3 Å². The third-order valence-corrected chi connectivity index (χ3v) is 4.96. The first-order chi connectivity index (χ1) is 17.8. The van der Waals surface area contributed by atoms with Gasteiger partial charge < -0.3 is 20.9 Å². The van der Waals surface area contributed by atoms with Crippen LogP contribution in [0.15, 0.2) is 60.8 Å². The number of anilines is 2. The van der Waals surface area contributed by atoms with Crippen molar-refractivity contribution in [2.75, 3.05) is 31.3 Å². The van der Waals surface area contributed by atoms with Gasteiger partial charge in [0.15, 0.2) is 0 Å². The Hall–Kier alpha value is -4.25. The summed E-state index contributed by atoms with van der Waals surface area (Å²) in [6, 6.07) is 14.1. The number of nitrogens with one attached hydrogen (secondary N) is 1. The van der Waals surface area contributed by atoms with Crippen molar-refractivity contribution in [1.82, 2.24) is 19.9 Å². The van der Waals surface area contributed by atoms with E-state index >= 15 is 0 Å². The fourth-order valence-corrected chi connectivity index (χ4v) is 3.33. The molecule has 3 aromatic heterocycles. The Labute approximate surface area is 212 Å². The average Bonchev–Trinajstić information content (AvgIpc) is 2.89. The predicted octanol–water partition coefficient (Wildman–Crippen LogP) is 5.06. The van der Waals surface area contributed by atoms with Gasteiger partial charge in [-0.1, -0.05) is 6.07 Å². The van der Waals surface area contributed by atoms with Crippen molar-refractivity contribution in [2.45, 2.75) is 19.8 Å². The molecule has 0 aliphatic carbocycles. The molecule has 0 spiro atoms. The van der Waals surface area contributed by atoms with Crippen LogP contribution >= 0.6 is 0 Å². The zero-order valence-corrected chi connectivity index (χ0v) is 20.3. The van der Waals surface area contributed by atoms with Crippen molar-refractivity contribution >= 4 is 11.8 Å². The van der Waals surface area contributed by atoms with Gasteiger partial charge in [-0.2, -0.15) is 4.98 Å². The number of nitrogens with zero attached hydrogens (tertiary/aromatic N) is 4. The molecule has 0 fully saturated rings. The first-order valence-corrected chi connectivity index (χ1v) is 11.3. The Kier molecular flexibility index (Phi) is 9.73. The maximum atomic E-state index is 13.4. The van der Waals surface area contributed by atoms with Crippen LogP contribution in [-0.2, 0) is 0 Å². The van der Waals surface area contributed by atoms with Crippen LogP contribution < -0.4 is 15.8 Å². The van der Waals surface area contributed by atoms with Gasteiger partial charge in [0.05, 0.1) is 17.9 Å². The number of aliphatic hydroxyl groups is 1. The zero-order valence-electron chi connectivity index (χ0n) is 20.3. The minimum Gasteiger partial charge on any atom is -0.477 e. The highest BCUT2D eigenvalue weighted by atomic mass is 19.3. The first kappa shape index (κ1) is 27.3. The molecule has 0 amide bonds. The molecule has 0 atom stereocenters. The second kappa shape index (κ2) is 13.2. The van der Waals surface area contributed by atoms with E-state index in [2.05, 4.69) is 25.3 Å². The summed E-state index contributed by atoms with van der Waals surface area (Å²) >= 11 is 0. The number of pyridine rings is 2. The summed E-state index contributed by atoms with van der Waals surface area (Å²) in [7, 11) is 1.85. The molecule has 11 heteroatoms. The first-order valence-electron chi connectivity index (χ1n) is 11.3. The van der Waals surface area contributed by atoms with Crippen LogP contribution in [0, 0.1) is 12.7 Å². The number of hydrogen-bond acceptors (Lipinski definition) is 8. The van der Waals surface area contributed by atoms with Crippen molar-refractivity contribution in [3.05, 3.63) is 78.0 Å². The van der Waals surface area contributed by atoms with E-state index in [1.54, 1.807) is 19.2 Å².